The minimum absolute atomic E-state index is 0.0852. The fourth-order valence-electron chi connectivity index (χ4n) is 3.40. The van der Waals surface area contributed by atoms with Gasteiger partial charge in [0.25, 0.3) is 0 Å². The van der Waals surface area contributed by atoms with Gasteiger partial charge in [0.05, 0.1) is 20.3 Å². The number of nitrogens with one attached hydrogen (secondary N) is 1. The average Bonchev–Trinajstić information content (AvgIpc) is 3.11. The van der Waals surface area contributed by atoms with Crippen molar-refractivity contribution in [1.29, 1.82) is 0 Å². The van der Waals surface area contributed by atoms with Crippen LogP contribution in [-0.4, -0.2) is 31.7 Å². The van der Waals surface area contributed by atoms with Crippen LogP contribution in [0, 0.1) is 6.92 Å². The van der Waals surface area contributed by atoms with E-state index < -0.39 is 0 Å². The summed E-state index contributed by atoms with van der Waals surface area (Å²) in [5.41, 5.74) is 3.14. The topological polar surface area (TPSA) is 50.8 Å². The van der Waals surface area contributed by atoms with Crippen LogP contribution in [0.5, 0.6) is 11.5 Å². The van der Waals surface area contributed by atoms with E-state index in [1.54, 1.807) is 26.4 Å². The number of benzene rings is 2. The molecule has 1 aliphatic heterocycles. The maximum atomic E-state index is 12.8. The molecule has 0 bridgehead atoms. The molecule has 1 N–H and O–H groups in total. The molecule has 5 heteroatoms. The highest BCUT2D eigenvalue weighted by molar-refractivity contribution is 5.90. The number of ether oxygens (including phenoxy) is 2. The quantitative estimate of drug-likeness (QED) is 0.898. The highest BCUT2D eigenvalue weighted by Gasteiger charge is 2.30. The van der Waals surface area contributed by atoms with Gasteiger partial charge in [-0.3, -0.25) is 0 Å². The van der Waals surface area contributed by atoms with E-state index in [-0.39, 0.29) is 12.1 Å². The van der Waals surface area contributed by atoms with E-state index in [1.165, 1.54) is 11.1 Å². The van der Waals surface area contributed by atoms with E-state index in [2.05, 4.69) is 24.4 Å². The summed E-state index contributed by atoms with van der Waals surface area (Å²) in [7, 11) is 3.17. The maximum absolute atomic E-state index is 12.8. The second-order valence-electron chi connectivity index (χ2n) is 6.21. The van der Waals surface area contributed by atoms with Gasteiger partial charge in [0, 0.05) is 18.3 Å². The van der Waals surface area contributed by atoms with Crippen LogP contribution in [0.1, 0.15) is 30.0 Å². The van der Waals surface area contributed by atoms with E-state index >= 15 is 0 Å². The number of likely N-dealkylation sites (tertiary alicyclic amines) is 1. The van der Waals surface area contributed by atoms with Gasteiger partial charge >= 0.3 is 6.03 Å². The van der Waals surface area contributed by atoms with Gasteiger partial charge in [-0.1, -0.05) is 24.3 Å². The lowest BCUT2D eigenvalue weighted by molar-refractivity contribution is 0.207. The number of carbonyl (C=O) groups is 1. The average molecular weight is 340 g/mol. The van der Waals surface area contributed by atoms with Crippen molar-refractivity contribution in [2.75, 3.05) is 26.1 Å². The summed E-state index contributed by atoms with van der Waals surface area (Å²) in [5, 5.41) is 2.98. The first-order valence-corrected chi connectivity index (χ1v) is 8.49. The van der Waals surface area contributed by atoms with Crippen molar-refractivity contribution in [2.45, 2.75) is 25.8 Å². The number of rotatable bonds is 4. The standard InChI is InChI=1S/C20H24N2O3/c1-14-7-4-5-8-16(14)17-9-6-12-22(17)20(23)21-15-10-11-18(24-2)19(13-15)25-3/h4-5,7-8,10-11,13,17H,6,9,12H2,1-3H3,(H,21,23)/t17-/m1/s1. The first-order chi connectivity index (χ1) is 12.1. The predicted octanol–water partition coefficient (Wildman–Crippen LogP) is 4.38. The first-order valence-electron chi connectivity index (χ1n) is 8.49. The molecule has 1 aliphatic rings. The molecule has 0 saturated carbocycles. The Balaban J connectivity index is 1.77. The number of hydrogen-bond donors (Lipinski definition) is 1. The third-order valence-corrected chi connectivity index (χ3v) is 4.70. The summed E-state index contributed by atoms with van der Waals surface area (Å²) >= 11 is 0. The van der Waals surface area contributed by atoms with Crippen LogP contribution in [0.25, 0.3) is 0 Å². The lowest BCUT2D eigenvalue weighted by Crippen LogP contribution is -2.34. The number of methoxy groups -OCH3 is 2. The normalized spacial score (nSPS) is 16.6. The van der Waals surface area contributed by atoms with Gasteiger partial charge in [-0.2, -0.15) is 0 Å². The van der Waals surface area contributed by atoms with Crippen LogP contribution in [0.3, 0.4) is 0 Å². The Morgan fingerprint density at radius 3 is 2.60 bits per heavy atom. The highest BCUT2D eigenvalue weighted by Crippen LogP contribution is 2.35. The van der Waals surface area contributed by atoms with Crippen LogP contribution in [-0.2, 0) is 0 Å². The van der Waals surface area contributed by atoms with Gasteiger partial charge in [-0.25, -0.2) is 4.79 Å². The molecule has 132 valence electrons. The molecule has 1 saturated heterocycles. The van der Waals surface area contributed by atoms with Gasteiger partial charge in [-0.05, 0) is 43.0 Å². The monoisotopic (exact) mass is 340 g/mol. The molecule has 2 aromatic rings. The molecule has 1 heterocycles. The van der Waals surface area contributed by atoms with Gasteiger partial charge in [0.2, 0.25) is 0 Å². The smallest absolute Gasteiger partial charge is 0.322 e. The Labute approximate surface area is 148 Å². The van der Waals surface area contributed by atoms with Crippen LogP contribution >= 0.6 is 0 Å². The summed E-state index contributed by atoms with van der Waals surface area (Å²) in [6, 6.07) is 13.7. The Hall–Kier alpha value is -2.69. The minimum atomic E-state index is -0.0852. The molecular weight excluding hydrogens is 316 g/mol. The van der Waals surface area contributed by atoms with Crippen LogP contribution in [0.4, 0.5) is 10.5 Å². The van der Waals surface area contributed by atoms with Crippen molar-refractivity contribution in [3.05, 3.63) is 53.6 Å². The third kappa shape index (κ3) is 3.55. The zero-order valence-electron chi connectivity index (χ0n) is 14.9. The number of nitrogens with zero attached hydrogens (tertiary/aromatic N) is 1. The first kappa shape index (κ1) is 17.1. The Kier molecular flexibility index (Phi) is 5.12. The summed E-state index contributed by atoms with van der Waals surface area (Å²) < 4.78 is 10.5. The van der Waals surface area contributed by atoms with Crippen molar-refractivity contribution in [2.24, 2.45) is 0 Å². The zero-order chi connectivity index (χ0) is 17.8. The van der Waals surface area contributed by atoms with Crippen molar-refractivity contribution in [1.82, 2.24) is 4.90 Å². The van der Waals surface area contributed by atoms with Gasteiger partial charge in [0.15, 0.2) is 11.5 Å². The van der Waals surface area contributed by atoms with E-state index in [0.717, 1.165) is 19.4 Å². The SMILES string of the molecule is COc1ccc(NC(=O)N2CCC[C@@H]2c2ccccc2C)cc1OC. The number of hydrogen-bond acceptors (Lipinski definition) is 3. The number of carbonyl (C=O) groups excluding carboxylic acids is 1. The minimum Gasteiger partial charge on any atom is -0.493 e. The number of amides is 2. The lowest BCUT2D eigenvalue weighted by Gasteiger charge is -2.26. The maximum Gasteiger partial charge on any atom is 0.322 e. The third-order valence-electron chi connectivity index (χ3n) is 4.70. The number of urea groups is 1. The van der Waals surface area contributed by atoms with E-state index in [0.29, 0.717) is 17.2 Å². The molecule has 0 unspecified atom stereocenters. The van der Waals surface area contributed by atoms with Crippen molar-refractivity contribution < 1.29 is 14.3 Å². The lowest BCUT2D eigenvalue weighted by atomic mass is 9.99. The molecule has 1 fully saturated rings. The molecule has 2 amide bonds. The molecule has 3 rings (SSSR count). The van der Waals surface area contributed by atoms with Crippen molar-refractivity contribution in [3.63, 3.8) is 0 Å². The molecule has 0 spiro atoms. The van der Waals surface area contributed by atoms with Crippen LogP contribution < -0.4 is 14.8 Å². The second-order valence-corrected chi connectivity index (χ2v) is 6.21. The molecule has 1 atom stereocenters. The zero-order valence-corrected chi connectivity index (χ0v) is 14.9. The van der Waals surface area contributed by atoms with Crippen LogP contribution in [0.2, 0.25) is 0 Å². The number of anilines is 1. The Morgan fingerprint density at radius 2 is 1.88 bits per heavy atom. The molecular formula is C20H24N2O3. The Morgan fingerprint density at radius 1 is 1.12 bits per heavy atom. The fraction of sp³-hybridized carbons (Fsp3) is 0.350. The van der Waals surface area contributed by atoms with Crippen molar-refractivity contribution in [3.8, 4) is 11.5 Å². The summed E-state index contributed by atoms with van der Waals surface area (Å²) in [5.74, 6) is 1.23. The predicted molar refractivity (Wildman–Crippen MR) is 98.4 cm³/mol. The molecule has 2 aromatic carbocycles. The summed E-state index contributed by atoms with van der Waals surface area (Å²) in [6.45, 7) is 2.86. The van der Waals surface area contributed by atoms with E-state index in [4.69, 9.17) is 9.47 Å². The molecule has 0 radical (unpaired) electrons. The molecule has 0 aromatic heterocycles. The Bertz CT molecular complexity index is 760. The number of aryl methyl sites for hydroxylation is 1. The van der Waals surface area contributed by atoms with E-state index in [1.807, 2.05) is 23.1 Å². The summed E-state index contributed by atoms with van der Waals surface area (Å²) in [6.07, 6.45) is 2.00. The van der Waals surface area contributed by atoms with E-state index in [9.17, 15) is 4.79 Å². The van der Waals surface area contributed by atoms with Gasteiger partial charge in [0.1, 0.15) is 0 Å². The van der Waals surface area contributed by atoms with Crippen LogP contribution in [0.15, 0.2) is 42.5 Å². The molecule has 25 heavy (non-hydrogen) atoms. The highest BCUT2D eigenvalue weighted by atomic mass is 16.5. The second kappa shape index (κ2) is 7.47. The molecule has 5 nitrogen and oxygen atoms in total. The molecule has 0 aliphatic carbocycles. The largest absolute Gasteiger partial charge is 0.493 e. The summed E-state index contributed by atoms with van der Waals surface area (Å²) in [4.78, 5) is 14.7. The fourth-order valence-corrected chi connectivity index (χ4v) is 3.40. The van der Waals surface area contributed by atoms with Gasteiger partial charge < -0.3 is 19.7 Å². The van der Waals surface area contributed by atoms with Crippen molar-refractivity contribution >= 4 is 11.7 Å². The van der Waals surface area contributed by atoms with Gasteiger partial charge in [-0.15, -0.1) is 0 Å².